The van der Waals surface area contributed by atoms with Gasteiger partial charge in [-0.2, -0.15) is 16.9 Å². The highest BCUT2D eigenvalue weighted by Gasteiger charge is 2.25. The standard InChI is InChI=1S/C20H19BrN4O3S/c21-17-7-6-16(28-17)20(27)23-19-14-11-29-12-15(14)24-25(19)10-18(26)22-9-8-13-4-2-1-3-5-13/h1-7H,8-12H2,(H,22,26)(H,23,27). The van der Waals surface area contributed by atoms with Crippen molar-refractivity contribution < 1.29 is 14.0 Å². The first-order valence-corrected chi connectivity index (χ1v) is 11.1. The molecule has 1 aliphatic heterocycles. The molecule has 3 heterocycles. The molecule has 0 aliphatic carbocycles. The largest absolute Gasteiger partial charge is 0.444 e. The number of aromatic nitrogens is 2. The summed E-state index contributed by atoms with van der Waals surface area (Å²) in [5.41, 5.74) is 3.04. The van der Waals surface area contributed by atoms with Gasteiger partial charge in [0.05, 0.1) is 5.69 Å². The van der Waals surface area contributed by atoms with E-state index >= 15 is 0 Å². The Morgan fingerprint density at radius 1 is 1.17 bits per heavy atom. The lowest BCUT2D eigenvalue weighted by Gasteiger charge is -2.11. The summed E-state index contributed by atoms with van der Waals surface area (Å²) in [4.78, 5) is 24.9. The highest BCUT2D eigenvalue weighted by Crippen LogP contribution is 2.35. The predicted molar refractivity (Wildman–Crippen MR) is 115 cm³/mol. The molecule has 1 aliphatic rings. The van der Waals surface area contributed by atoms with Crippen LogP contribution in [0.3, 0.4) is 0 Å². The molecule has 0 atom stereocenters. The molecular formula is C20H19BrN4O3S. The molecule has 0 unspecified atom stereocenters. The van der Waals surface area contributed by atoms with Crippen LogP contribution in [-0.4, -0.2) is 28.1 Å². The van der Waals surface area contributed by atoms with Gasteiger partial charge in [0.25, 0.3) is 5.91 Å². The zero-order valence-corrected chi connectivity index (χ0v) is 17.9. The fourth-order valence-corrected chi connectivity index (χ4v) is 4.45. The van der Waals surface area contributed by atoms with Gasteiger partial charge in [-0.3, -0.25) is 9.59 Å². The maximum Gasteiger partial charge on any atom is 0.292 e. The van der Waals surface area contributed by atoms with E-state index in [-0.39, 0.29) is 24.1 Å². The van der Waals surface area contributed by atoms with Crippen LogP contribution in [0.15, 0.2) is 51.6 Å². The number of rotatable bonds is 7. The Bertz CT molecular complexity index is 1030. The van der Waals surface area contributed by atoms with E-state index in [1.807, 2.05) is 30.3 Å². The fourth-order valence-electron chi connectivity index (χ4n) is 3.11. The van der Waals surface area contributed by atoms with Crippen molar-refractivity contribution in [3.05, 3.63) is 69.7 Å². The number of nitrogens with zero attached hydrogens (tertiary/aromatic N) is 2. The maximum absolute atomic E-state index is 12.5. The van der Waals surface area contributed by atoms with Crippen molar-refractivity contribution in [2.45, 2.75) is 24.5 Å². The molecular weight excluding hydrogens is 456 g/mol. The molecule has 2 amide bonds. The predicted octanol–water partition coefficient (Wildman–Crippen LogP) is 3.60. The van der Waals surface area contributed by atoms with Crippen molar-refractivity contribution in [3.63, 3.8) is 0 Å². The number of carbonyl (C=O) groups excluding carboxylic acids is 2. The molecule has 2 aromatic heterocycles. The van der Waals surface area contributed by atoms with Crippen LogP contribution in [0.4, 0.5) is 5.82 Å². The van der Waals surface area contributed by atoms with Crippen LogP contribution < -0.4 is 10.6 Å². The molecule has 0 bridgehead atoms. The third kappa shape index (κ3) is 4.73. The van der Waals surface area contributed by atoms with E-state index in [1.54, 1.807) is 28.6 Å². The lowest BCUT2D eigenvalue weighted by molar-refractivity contribution is -0.121. The Morgan fingerprint density at radius 3 is 2.76 bits per heavy atom. The number of anilines is 1. The fraction of sp³-hybridized carbons (Fsp3) is 0.250. The third-order valence-electron chi connectivity index (χ3n) is 4.52. The van der Waals surface area contributed by atoms with Gasteiger partial charge in [-0.05, 0) is 40.0 Å². The summed E-state index contributed by atoms with van der Waals surface area (Å²) in [6.45, 7) is 0.589. The molecule has 7 nitrogen and oxygen atoms in total. The first kappa shape index (κ1) is 19.8. The van der Waals surface area contributed by atoms with E-state index in [0.717, 1.165) is 29.2 Å². The molecule has 0 spiro atoms. The van der Waals surface area contributed by atoms with Crippen molar-refractivity contribution in [2.75, 3.05) is 11.9 Å². The summed E-state index contributed by atoms with van der Waals surface area (Å²) in [7, 11) is 0. The van der Waals surface area contributed by atoms with Gasteiger partial charge < -0.3 is 15.1 Å². The minimum absolute atomic E-state index is 0.0456. The average Bonchev–Trinajstić information content (AvgIpc) is 3.41. The number of amides is 2. The van der Waals surface area contributed by atoms with E-state index in [0.29, 0.717) is 17.0 Å². The molecule has 0 radical (unpaired) electrons. The second-order valence-electron chi connectivity index (χ2n) is 6.57. The third-order valence-corrected chi connectivity index (χ3v) is 5.92. The lowest BCUT2D eigenvalue weighted by atomic mass is 10.1. The quantitative estimate of drug-likeness (QED) is 0.545. The van der Waals surface area contributed by atoms with Crippen molar-refractivity contribution in [1.82, 2.24) is 15.1 Å². The molecule has 9 heteroatoms. The Morgan fingerprint density at radius 2 is 2.00 bits per heavy atom. The average molecular weight is 475 g/mol. The number of halogens is 1. The highest BCUT2D eigenvalue weighted by atomic mass is 79.9. The van der Waals surface area contributed by atoms with E-state index in [1.165, 1.54) is 5.56 Å². The summed E-state index contributed by atoms with van der Waals surface area (Å²) in [6.07, 6.45) is 0.760. The number of carbonyl (C=O) groups is 2. The minimum Gasteiger partial charge on any atom is -0.444 e. The van der Waals surface area contributed by atoms with Gasteiger partial charge in [-0.25, -0.2) is 4.68 Å². The highest BCUT2D eigenvalue weighted by molar-refractivity contribution is 9.10. The van der Waals surface area contributed by atoms with E-state index in [9.17, 15) is 9.59 Å². The van der Waals surface area contributed by atoms with Crippen LogP contribution >= 0.6 is 27.7 Å². The van der Waals surface area contributed by atoms with Gasteiger partial charge in [0.1, 0.15) is 12.4 Å². The Hall–Kier alpha value is -2.52. The molecule has 1 aromatic carbocycles. The summed E-state index contributed by atoms with van der Waals surface area (Å²) < 4.78 is 7.37. The summed E-state index contributed by atoms with van der Waals surface area (Å²) in [5, 5.41) is 10.3. The first-order valence-electron chi connectivity index (χ1n) is 9.14. The van der Waals surface area contributed by atoms with Gasteiger partial charge >= 0.3 is 0 Å². The normalized spacial score (nSPS) is 12.6. The molecule has 0 fully saturated rings. The number of hydrogen-bond donors (Lipinski definition) is 2. The van der Waals surface area contributed by atoms with Crippen LogP contribution in [0.1, 0.15) is 27.4 Å². The molecule has 4 rings (SSSR count). The number of fused-ring (bicyclic) bond motifs is 1. The second kappa shape index (κ2) is 8.87. The van der Waals surface area contributed by atoms with E-state index in [4.69, 9.17) is 4.42 Å². The summed E-state index contributed by atoms with van der Waals surface area (Å²) in [5.74, 6) is 1.75. The second-order valence-corrected chi connectivity index (χ2v) is 8.33. The number of thioether (sulfide) groups is 1. The van der Waals surface area contributed by atoms with Crippen molar-refractivity contribution >= 4 is 45.3 Å². The van der Waals surface area contributed by atoms with E-state index < -0.39 is 0 Å². The molecule has 2 N–H and O–H groups in total. The Kier molecular flexibility index (Phi) is 6.05. The zero-order valence-electron chi connectivity index (χ0n) is 15.5. The van der Waals surface area contributed by atoms with Crippen LogP contribution in [0.2, 0.25) is 0 Å². The van der Waals surface area contributed by atoms with Crippen LogP contribution in [-0.2, 0) is 29.3 Å². The molecule has 0 saturated heterocycles. The maximum atomic E-state index is 12.5. The van der Waals surface area contributed by atoms with E-state index in [2.05, 4.69) is 31.7 Å². The zero-order chi connectivity index (χ0) is 20.2. The van der Waals surface area contributed by atoms with Crippen molar-refractivity contribution in [2.24, 2.45) is 0 Å². The van der Waals surface area contributed by atoms with Crippen molar-refractivity contribution in [3.8, 4) is 0 Å². The summed E-state index contributed by atoms with van der Waals surface area (Å²) >= 11 is 4.93. The van der Waals surface area contributed by atoms with Crippen molar-refractivity contribution in [1.29, 1.82) is 0 Å². The molecule has 29 heavy (non-hydrogen) atoms. The topological polar surface area (TPSA) is 89.2 Å². The Labute approximate surface area is 180 Å². The number of hydrogen-bond acceptors (Lipinski definition) is 5. The molecule has 150 valence electrons. The van der Waals surface area contributed by atoms with Gasteiger partial charge in [-0.15, -0.1) is 0 Å². The molecule has 0 saturated carbocycles. The monoisotopic (exact) mass is 474 g/mol. The van der Waals surface area contributed by atoms with Gasteiger partial charge in [0.2, 0.25) is 5.91 Å². The SMILES string of the molecule is O=C(Cn1nc2c(c1NC(=O)c1ccc(Br)o1)CSC2)NCCc1ccccc1. The van der Waals surface area contributed by atoms with Crippen LogP contribution in [0.5, 0.6) is 0 Å². The van der Waals surface area contributed by atoms with Crippen LogP contribution in [0.25, 0.3) is 0 Å². The number of nitrogens with one attached hydrogen (secondary N) is 2. The van der Waals surface area contributed by atoms with Crippen LogP contribution in [0, 0.1) is 0 Å². The lowest BCUT2D eigenvalue weighted by Crippen LogP contribution is -2.30. The number of furan rings is 1. The minimum atomic E-state index is -0.374. The number of benzene rings is 1. The Balaban J connectivity index is 1.42. The summed E-state index contributed by atoms with van der Waals surface area (Å²) in [6, 6.07) is 13.2. The smallest absolute Gasteiger partial charge is 0.292 e. The van der Waals surface area contributed by atoms with Gasteiger partial charge in [0.15, 0.2) is 10.4 Å². The van der Waals surface area contributed by atoms with Gasteiger partial charge in [-0.1, -0.05) is 30.3 Å². The molecule has 3 aromatic rings. The van der Waals surface area contributed by atoms with Gasteiger partial charge in [0, 0.05) is 23.6 Å². The first-order chi connectivity index (χ1) is 14.1.